The molecule has 0 aliphatic carbocycles. The van der Waals surface area contributed by atoms with Gasteiger partial charge in [-0.05, 0) is 23.8 Å². The van der Waals surface area contributed by atoms with Crippen molar-refractivity contribution in [2.45, 2.75) is 13.5 Å². The standard InChI is InChI=1S/C17H14N2O4/c1-2-19-9-13(17(21)22)16(18-19)23-15-8-7-11-5-3-4-6-12(11)14(15)10-20/h3-10H,2H2,1H3,(H,21,22). The number of carbonyl (C=O) groups is 2. The van der Waals surface area contributed by atoms with E-state index in [1.807, 2.05) is 37.3 Å². The average molecular weight is 310 g/mol. The molecule has 3 rings (SSSR count). The highest BCUT2D eigenvalue weighted by molar-refractivity contribution is 6.01. The summed E-state index contributed by atoms with van der Waals surface area (Å²) in [6.45, 7) is 2.36. The molecule has 1 heterocycles. The molecule has 6 heteroatoms. The molecule has 1 aromatic heterocycles. The van der Waals surface area contributed by atoms with Crippen LogP contribution in [0.5, 0.6) is 11.6 Å². The lowest BCUT2D eigenvalue weighted by molar-refractivity contribution is 0.0694. The third kappa shape index (κ3) is 2.66. The molecule has 0 saturated heterocycles. The zero-order valence-corrected chi connectivity index (χ0v) is 12.4. The predicted molar refractivity (Wildman–Crippen MR) is 84.3 cm³/mol. The fourth-order valence-corrected chi connectivity index (χ4v) is 2.38. The van der Waals surface area contributed by atoms with Crippen molar-refractivity contribution in [3.05, 3.63) is 53.7 Å². The highest BCUT2D eigenvalue weighted by Crippen LogP contribution is 2.31. The number of aromatic carboxylic acids is 1. The highest BCUT2D eigenvalue weighted by Gasteiger charge is 2.19. The van der Waals surface area contributed by atoms with E-state index in [-0.39, 0.29) is 17.2 Å². The molecule has 6 nitrogen and oxygen atoms in total. The summed E-state index contributed by atoms with van der Waals surface area (Å²) in [5.74, 6) is -0.881. The molecule has 0 saturated carbocycles. The van der Waals surface area contributed by atoms with E-state index in [9.17, 15) is 14.7 Å². The third-order valence-electron chi connectivity index (χ3n) is 3.54. The van der Waals surface area contributed by atoms with Crippen LogP contribution < -0.4 is 4.74 Å². The summed E-state index contributed by atoms with van der Waals surface area (Å²) in [4.78, 5) is 22.8. The number of aromatic nitrogens is 2. The lowest BCUT2D eigenvalue weighted by Gasteiger charge is -2.09. The first-order valence-corrected chi connectivity index (χ1v) is 7.09. The van der Waals surface area contributed by atoms with Crippen molar-refractivity contribution < 1.29 is 19.4 Å². The fraction of sp³-hybridized carbons (Fsp3) is 0.118. The van der Waals surface area contributed by atoms with Crippen LogP contribution in [-0.2, 0) is 6.54 Å². The summed E-state index contributed by atoms with van der Waals surface area (Å²) in [5, 5.41) is 15.0. The van der Waals surface area contributed by atoms with Gasteiger partial charge in [-0.15, -0.1) is 5.10 Å². The maximum atomic E-state index is 11.5. The zero-order valence-electron chi connectivity index (χ0n) is 12.4. The van der Waals surface area contributed by atoms with Gasteiger partial charge >= 0.3 is 5.97 Å². The number of ether oxygens (including phenoxy) is 1. The van der Waals surface area contributed by atoms with E-state index < -0.39 is 5.97 Å². The molecule has 0 radical (unpaired) electrons. The van der Waals surface area contributed by atoms with Crippen molar-refractivity contribution in [2.75, 3.05) is 0 Å². The number of hydrogen-bond donors (Lipinski definition) is 1. The van der Waals surface area contributed by atoms with Gasteiger partial charge in [0.15, 0.2) is 6.29 Å². The van der Waals surface area contributed by atoms with Gasteiger partial charge in [-0.2, -0.15) is 0 Å². The second-order valence-corrected chi connectivity index (χ2v) is 4.93. The number of carboxylic acid groups (broad SMARTS) is 1. The van der Waals surface area contributed by atoms with Crippen molar-refractivity contribution in [1.82, 2.24) is 9.78 Å². The van der Waals surface area contributed by atoms with E-state index in [2.05, 4.69) is 5.10 Å². The molecule has 2 aromatic carbocycles. The van der Waals surface area contributed by atoms with Gasteiger partial charge in [-0.1, -0.05) is 30.3 Å². The smallest absolute Gasteiger partial charge is 0.342 e. The summed E-state index contributed by atoms with van der Waals surface area (Å²) >= 11 is 0. The van der Waals surface area contributed by atoms with Crippen molar-refractivity contribution in [1.29, 1.82) is 0 Å². The van der Waals surface area contributed by atoms with Crippen LogP contribution in [0.1, 0.15) is 27.6 Å². The number of nitrogens with zero attached hydrogens (tertiary/aromatic N) is 2. The molecule has 23 heavy (non-hydrogen) atoms. The lowest BCUT2D eigenvalue weighted by atomic mass is 10.0. The Labute approximate surface area is 131 Å². The SMILES string of the molecule is CCn1cc(C(=O)O)c(Oc2ccc3ccccc3c2C=O)n1. The number of carbonyl (C=O) groups excluding carboxylic acids is 1. The van der Waals surface area contributed by atoms with Crippen LogP contribution in [0.15, 0.2) is 42.6 Å². The van der Waals surface area contributed by atoms with E-state index in [4.69, 9.17) is 4.74 Å². The summed E-state index contributed by atoms with van der Waals surface area (Å²) in [5.41, 5.74) is 0.322. The minimum Gasteiger partial charge on any atom is -0.477 e. The second kappa shape index (κ2) is 5.92. The van der Waals surface area contributed by atoms with E-state index in [0.717, 1.165) is 10.8 Å². The predicted octanol–water partition coefficient (Wildman–Crippen LogP) is 3.36. The number of hydrogen-bond acceptors (Lipinski definition) is 4. The highest BCUT2D eigenvalue weighted by atomic mass is 16.5. The number of rotatable bonds is 5. The van der Waals surface area contributed by atoms with Gasteiger partial charge in [-0.25, -0.2) is 4.79 Å². The number of fused-ring (bicyclic) bond motifs is 1. The molecule has 0 fully saturated rings. The Kier molecular flexibility index (Phi) is 3.80. The Bertz CT molecular complexity index is 899. The van der Waals surface area contributed by atoms with Crippen molar-refractivity contribution in [3.63, 3.8) is 0 Å². The molecule has 0 spiro atoms. The van der Waals surface area contributed by atoms with Gasteiger partial charge in [0.1, 0.15) is 11.3 Å². The molecule has 0 bridgehead atoms. The van der Waals surface area contributed by atoms with Gasteiger partial charge in [0.05, 0.1) is 5.56 Å². The first-order valence-electron chi connectivity index (χ1n) is 7.09. The molecule has 0 atom stereocenters. The Morgan fingerprint density at radius 3 is 2.78 bits per heavy atom. The monoisotopic (exact) mass is 310 g/mol. The van der Waals surface area contributed by atoms with Crippen molar-refractivity contribution in [2.24, 2.45) is 0 Å². The van der Waals surface area contributed by atoms with Crippen LogP contribution in [0.25, 0.3) is 10.8 Å². The number of carboxylic acids is 1. The maximum Gasteiger partial charge on any atom is 0.342 e. The maximum absolute atomic E-state index is 11.5. The molecule has 116 valence electrons. The van der Waals surface area contributed by atoms with E-state index in [1.165, 1.54) is 10.9 Å². The van der Waals surface area contributed by atoms with E-state index in [0.29, 0.717) is 18.4 Å². The van der Waals surface area contributed by atoms with Crippen LogP contribution in [0.4, 0.5) is 0 Å². The van der Waals surface area contributed by atoms with Crippen molar-refractivity contribution in [3.8, 4) is 11.6 Å². The fourth-order valence-electron chi connectivity index (χ4n) is 2.38. The summed E-state index contributed by atoms with van der Waals surface area (Å²) < 4.78 is 7.11. The number of aldehydes is 1. The topological polar surface area (TPSA) is 81.4 Å². The third-order valence-corrected chi connectivity index (χ3v) is 3.54. The Balaban J connectivity index is 2.10. The summed E-state index contributed by atoms with van der Waals surface area (Å²) in [6, 6.07) is 10.9. The minimum atomic E-state index is -1.13. The molecular formula is C17H14N2O4. The van der Waals surface area contributed by atoms with Gasteiger partial charge in [0.25, 0.3) is 5.88 Å². The summed E-state index contributed by atoms with van der Waals surface area (Å²) in [7, 11) is 0. The molecule has 0 aliphatic heterocycles. The van der Waals surface area contributed by atoms with Gasteiger partial charge in [0, 0.05) is 12.7 Å². The number of benzene rings is 2. The van der Waals surface area contributed by atoms with Crippen LogP contribution in [0.2, 0.25) is 0 Å². The molecule has 0 amide bonds. The largest absolute Gasteiger partial charge is 0.477 e. The molecule has 3 aromatic rings. The van der Waals surface area contributed by atoms with E-state index in [1.54, 1.807) is 6.07 Å². The lowest BCUT2D eigenvalue weighted by Crippen LogP contribution is -1.99. The van der Waals surface area contributed by atoms with Crippen LogP contribution in [0, 0.1) is 0 Å². The first kappa shape index (κ1) is 14.8. The normalized spacial score (nSPS) is 10.7. The Morgan fingerprint density at radius 2 is 2.09 bits per heavy atom. The van der Waals surface area contributed by atoms with E-state index >= 15 is 0 Å². The molecule has 1 N–H and O–H groups in total. The Hall–Kier alpha value is -3.15. The Morgan fingerprint density at radius 1 is 1.30 bits per heavy atom. The van der Waals surface area contributed by atoms with Crippen LogP contribution >= 0.6 is 0 Å². The molecule has 0 unspecified atom stereocenters. The van der Waals surface area contributed by atoms with Crippen LogP contribution in [0.3, 0.4) is 0 Å². The van der Waals surface area contributed by atoms with Gasteiger partial charge in [-0.3, -0.25) is 9.48 Å². The first-order chi connectivity index (χ1) is 11.1. The van der Waals surface area contributed by atoms with Crippen LogP contribution in [-0.4, -0.2) is 27.1 Å². The molecule has 0 aliphatic rings. The second-order valence-electron chi connectivity index (χ2n) is 4.93. The summed E-state index contributed by atoms with van der Waals surface area (Å²) in [6.07, 6.45) is 2.11. The number of aryl methyl sites for hydroxylation is 1. The zero-order chi connectivity index (χ0) is 16.4. The van der Waals surface area contributed by atoms with Gasteiger partial charge < -0.3 is 9.84 Å². The minimum absolute atomic E-state index is 0.0299. The molecular weight excluding hydrogens is 296 g/mol. The van der Waals surface area contributed by atoms with Crippen molar-refractivity contribution >= 4 is 23.0 Å². The van der Waals surface area contributed by atoms with Gasteiger partial charge in [0.2, 0.25) is 0 Å². The average Bonchev–Trinajstić information content (AvgIpc) is 2.98. The quantitative estimate of drug-likeness (QED) is 0.731.